The highest BCUT2D eigenvalue weighted by Crippen LogP contribution is 2.29. The van der Waals surface area contributed by atoms with Gasteiger partial charge in [-0.15, -0.1) is 0 Å². The van der Waals surface area contributed by atoms with Crippen LogP contribution in [0, 0.1) is 0 Å². The number of anilines is 1. The van der Waals surface area contributed by atoms with Crippen LogP contribution in [0.3, 0.4) is 0 Å². The number of rotatable bonds is 7. The molecule has 0 radical (unpaired) electrons. The summed E-state index contributed by atoms with van der Waals surface area (Å²) in [6.07, 6.45) is -0.638. The number of alkyl halides is 3. The third-order valence-corrected chi connectivity index (χ3v) is 2.68. The molecule has 0 aliphatic carbocycles. The second-order valence-corrected chi connectivity index (χ2v) is 4.24. The summed E-state index contributed by atoms with van der Waals surface area (Å²) in [7, 11) is 1.34. The van der Waals surface area contributed by atoms with Crippen LogP contribution in [0.4, 0.5) is 19.0 Å². The molecule has 1 heterocycles. The second kappa shape index (κ2) is 7.72. The van der Waals surface area contributed by atoms with Crippen LogP contribution in [0.15, 0.2) is 18.3 Å². The highest BCUT2D eigenvalue weighted by atomic mass is 19.4. The van der Waals surface area contributed by atoms with Crippen molar-refractivity contribution in [3.05, 3.63) is 23.9 Å². The van der Waals surface area contributed by atoms with Crippen molar-refractivity contribution >= 4 is 11.8 Å². The molecule has 0 amide bonds. The van der Waals surface area contributed by atoms with Crippen LogP contribution in [0.2, 0.25) is 0 Å². The van der Waals surface area contributed by atoms with Gasteiger partial charge in [0.05, 0.1) is 12.7 Å². The number of hydrogen-bond donors (Lipinski definition) is 1. The summed E-state index contributed by atoms with van der Waals surface area (Å²) in [6.45, 7) is 0.509. The van der Waals surface area contributed by atoms with E-state index in [0.717, 1.165) is 31.2 Å². The normalized spacial score (nSPS) is 11.2. The SMILES string of the molecule is COC(=O)CCCCCNc1cc(C(F)(F)F)ccn1. The minimum Gasteiger partial charge on any atom is -0.469 e. The van der Waals surface area contributed by atoms with Gasteiger partial charge in [-0.05, 0) is 25.0 Å². The van der Waals surface area contributed by atoms with Gasteiger partial charge in [0, 0.05) is 19.2 Å². The fraction of sp³-hybridized carbons (Fsp3) is 0.538. The van der Waals surface area contributed by atoms with Gasteiger partial charge in [0.15, 0.2) is 0 Å². The van der Waals surface area contributed by atoms with Crippen molar-refractivity contribution in [2.45, 2.75) is 31.9 Å². The Bertz CT molecular complexity index is 436. The third kappa shape index (κ3) is 5.90. The molecule has 0 fully saturated rings. The second-order valence-electron chi connectivity index (χ2n) is 4.24. The fourth-order valence-electron chi connectivity index (χ4n) is 1.59. The lowest BCUT2D eigenvalue weighted by atomic mass is 10.2. The van der Waals surface area contributed by atoms with Gasteiger partial charge in [0.2, 0.25) is 0 Å². The molecule has 0 aliphatic heterocycles. The summed E-state index contributed by atoms with van der Waals surface area (Å²) in [5.41, 5.74) is -0.722. The number of nitrogens with one attached hydrogen (secondary N) is 1. The van der Waals surface area contributed by atoms with E-state index >= 15 is 0 Å². The summed E-state index contributed by atoms with van der Waals surface area (Å²) < 4.78 is 41.9. The largest absolute Gasteiger partial charge is 0.469 e. The summed E-state index contributed by atoms with van der Waals surface area (Å²) in [5.74, 6) is -0.0507. The number of methoxy groups -OCH3 is 1. The summed E-state index contributed by atoms with van der Waals surface area (Å²) in [6, 6.07) is 1.91. The Balaban J connectivity index is 2.27. The molecule has 7 heteroatoms. The van der Waals surface area contributed by atoms with Crippen molar-refractivity contribution in [2.24, 2.45) is 0 Å². The number of hydrogen-bond acceptors (Lipinski definition) is 4. The highest BCUT2D eigenvalue weighted by Gasteiger charge is 2.30. The number of carbonyl (C=O) groups is 1. The minimum atomic E-state index is -4.36. The van der Waals surface area contributed by atoms with E-state index in [1.54, 1.807) is 0 Å². The molecule has 20 heavy (non-hydrogen) atoms. The van der Waals surface area contributed by atoms with Gasteiger partial charge >= 0.3 is 12.1 Å². The third-order valence-electron chi connectivity index (χ3n) is 2.68. The average molecular weight is 290 g/mol. The number of carbonyl (C=O) groups excluding carboxylic acids is 1. The predicted molar refractivity (Wildman–Crippen MR) is 68.2 cm³/mol. The first kappa shape index (κ1) is 16.3. The average Bonchev–Trinajstić information content (AvgIpc) is 2.41. The van der Waals surface area contributed by atoms with E-state index in [-0.39, 0.29) is 11.8 Å². The van der Waals surface area contributed by atoms with Crippen molar-refractivity contribution in [2.75, 3.05) is 19.0 Å². The molecule has 0 saturated heterocycles. The molecule has 1 aromatic rings. The zero-order valence-electron chi connectivity index (χ0n) is 11.2. The van der Waals surface area contributed by atoms with Crippen molar-refractivity contribution in [3.63, 3.8) is 0 Å². The lowest BCUT2D eigenvalue weighted by molar-refractivity contribution is -0.140. The lowest BCUT2D eigenvalue weighted by Crippen LogP contribution is -2.08. The monoisotopic (exact) mass is 290 g/mol. The van der Waals surface area contributed by atoms with Crippen LogP contribution in [0.1, 0.15) is 31.2 Å². The van der Waals surface area contributed by atoms with Crippen LogP contribution in [0.25, 0.3) is 0 Å². The zero-order chi connectivity index (χ0) is 15.0. The van der Waals surface area contributed by atoms with E-state index in [4.69, 9.17) is 0 Å². The standard InChI is InChI=1S/C13H17F3N2O2/c1-20-12(19)5-3-2-4-7-17-11-9-10(6-8-18-11)13(14,15)16/h6,8-9H,2-5,7H2,1H3,(H,17,18). The van der Waals surface area contributed by atoms with Gasteiger partial charge < -0.3 is 10.1 Å². The van der Waals surface area contributed by atoms with Crippen LogP contribution >= 0.6 is 0 Å². The maximum absolute atomic E-state index is 12.5. The van der Waals surface area contributed by atoms with Gasteiger partial charge in [0.1, 0.15) is 5.82 Å². The van der Waals surface area contributed by atoms with Crippen molar-refractivity contribution in [1.82, 2.24) is 4.98 Å². The summed E-state index contributed by atoms with van der Waals surface area (Å²) >= 11 is 0. The molecule has 0 atom stereocenters. The maximum Gasteiger partial charge on any atom is 0.416 e. The zero-order valence-corrected chi connectivity index (χ0v) is 11.2. The molecule has 1 rings (SSSR count). The highest BCUT2D eigenvalue weighted by molar-refractivity contribution is 5.68. The Morgan fingerprint density at radius 3 is 2.75 bits per heavy atom. The number of ether oxygens (including phenoxy) is 1. The van der Waals surface area contributed by atoms with E-state index in [2.05, 4.69) is 15.0 Å². The van der Waals surface area contributed by atoms with E-state index in [1.165, 1.54) is 7.11 Å². The summed E-state index contributed by atoms with van der Waals surface area (Å²) in [5, 5.41) is 2.83. The number of unbranched alkanes of at least 4 members (excludes halogenated alkanes) is 2. The smallest absolute Gasteiger partial charge is 0.416 e. The lowest BCUT2D eigenvalue weighted by Gasteiger charge is -2.09. The van der Waals surface area contributed by atoms with Crippen molar-refractivity contribution < 1.29 is 22.7 Å². The van der Waals surface area contributed by atoms with E-state index in [1.807, 2.05) is 0 Å². The first-order chi connectivity index (χ1) is 9.43. The summed E-state index contributed by atoms with van der Waals surface area (Å²) in [4.78, 5) is 14.7. The molecule has 0 spiro atoms. The molecule has 1 aromatic heterocycles. The van der Waals surface area contributed by atoms with E-state index in [0.29, 0.717) is 19.4 Å². The fourth-order valence-corrected chi connectivity index (χ4v) is 1.59. The van der Waals surface area contributed by atoms with Gasteiger partial charge in [-0.25, -0.2) is 4.98 Å². The van der Waals surface area contributed by atoms with Gasteiger partial charge in [0.25, 0.3) is 0 Å². The number of esters is 1. The van der Waals surface area contributed by atoms with E-state index in [9.17, 15) is 18.0 Å². The molecule has 0 aromatic carbocycles. The Morgan fingerprint density at radius 1 is 1.35 bits per heavy atom. The molecule has 112 valence electrons. The van der Waals surface area contributed by atoms with Crippen molar-refractivity contribution in [3.8, 4) is 0 Å². The quantitative estimate of drug-likeness (QED) is 0.618. The topological polar surface area (TPSA) is 51.2 Å². The maximum atomic E-state index is 12.5. The molecule has 1 N–H and O–H groups in total. The number of aromatic nitrogens is 1. The molecule has 0 unspecified atom stereocenters. The molecule has 0 bridgehead atoms. The first-order valence-corrected chi connectivity index (χ1v) is 6.27. The molecular weight excluding hydrogens is 273 g/mol. The van der Waals surface area contributed by atoms with Crippen LogP contribution in [0.5, 0.6) is 0 Å². The molecule has 4 nitrogen and oxygen atoms in total. The number of nitrogens with zero attached hydrogens (tertiary/aromatic N) is 1. The van der Waals surface area contributed by atoms with Gasteiger partial charge in [-0.3, -0.25) is 4.79 Å². The van der Waals surface area contributed by atoms with Crippen LogP contribution < -0.4 is 5.32 Å². The Hall–Kier alpha value is -1.79. The molecular formula is C13H17F3N2O2. The Kier molecular flexibility index (Phi) is 6.27. The molecule has 0 saturated carbocycles. The van der Waals surface area contributed by atoms with Crippen LogP contribution in [-0.4, -0.2) is 24.6 Å². The first-order valence-electron chi connectivity index (χ1n) is 6.27. The minimum absolute atomic E-state index is 0.202. The predicted octanol–water partition coefficient (Wildman–Crippen LogP) is 3.25. The molecule has 0 aliphatic rings. The van der Waals surface area contributed by atoms with Crippen molar-refractivity contribution in [1.29, 1.82) is 0 Å². The Labute approximate surface area is 115 Å². The van der Waals surface area contributed by atoms with Gasteiger partial charge in [-0.1, -0.05) is 6.42 Å². The van der Waals surface area contributed by atoms with E-state index < -0.39 is 11.7 Å². The number of halogens is 3. The van der Waals surface area contributed by atoms with Crippen LogP contribution in [-0.2, 0) is 15.7 Å². The Morgan fingerprint density at radius 2 is 2.10 bits per heavy atom. The number of pyridine rings is 1. The van der Waals surface area contributed by atoms with Gasteiger partial charge in [-0.2, -0.15) is 13.2 Å².